The molecule has 4 nitrogen and oxygen atoms in total. The number of amides is 1. The summed E-state index contributed by atoms with van der Waals surface area (Å²) < 4.78 is 0. The molecule has 134 valence electrons. The van der Waals surface area contributed by atoms with Crippen molar-refractivity contribution in [1.82, 2.24) is 4.90 Å². The standard InChI is InChI=1S/C21H27NO3/c1-3-5-16(2)6-4-7-19-12-13-20(23)22(19)15-14-17-8-10-18(11-9-17)21(24)25/h4,6-11,19H,3,5,12-15H2,1-2H3,(H,24,25)/b7-4+,16-6+/t19-/m0/s1. The number of likely N-dealkylation sites (tertiary alicyclic amines) is 1. The van der Waals surface area contributed by atoms with Crippen LogP contribution in [0, 0.1) is 0 Å². The molecule has 1 saturated heterocycles. The van der Waals surface area contributed by atoms with Gasteiger partial charge in [-0.15, -0.1) is 0 Å². The van der Waals surface area contributed by atoms with Crippen LogP contribution >= 0.6 is 0 Å². The molecular weight excluding hydrogens is 314 g/mol. The monoisotopic (exact) mass is 341 g/mol. The second kappa shape index (κ2) is 9.21. The topological polar surface area (TPSA) is 57.6 Å². The van der Waals surface area contributed by atoms with Gasteiger partial charge in [-0.2, -0.15) is 0 Å². The van der Waals surface area contributed by atoms with Crippen LogP contribution in [0.15, 0.2) is 48.1 Å². The Morgan fingerprint density at radius 2 is 2.04 bits per heavy atom. The Morgan fingerprint density at radius 1 is 1.32 bits per heavy atom. The zero-order valence-corrected chi connectivity index (χ0v) is 15.1. The van der Waals surface area contributed by atoms with E-state index in [9.17, 15) is 9.59 Å². The highest BCUT2D eigenvalue weighted by atomic mass is 16.4. The first kappa shape index (κ1) is 19.0. The lowest BCUT2D eigenvalue weighted by atomic mass is 10.1. The van der Waals surface area contributed by atoms with Crippen LogP contribution in [0.2, 0.25) is 0 Å². The number of carboxylic acids is 1. The first-order chi connectivity index (χ1) is 12.0. The van der Waals surface area contributed by atoms with Gasteiger partial charge in [0.2, 0.25) is 5.91 Å². The lowest BCUT2D eigenvalue weighted by Gasteiger charge is -2.22. The average Bonchev–Trinajstić information content (AvgIpc) is 2.93. The fourth-order valence-electron chi connectivity index (χ4n) is 3.14. The smallest absolute Gasteiger partial charge is 0.335 e. The third kappa shape index (κ3) is 5.59. The van der Waals surface area contributed by atoms with Crippen molar-refractivity contribution < 1.29 is 14.7 Å². The van der Waals surface area contributed by atoms with Crippen LogP contribution < -0.4 is 0 Å². The highest BCUT2D eigenvalue weighted by Gasteiger charge is 2.28. The third-order valence-corrected chi connectivity index (χ3v) is 4.58. The molecule has 0 spiro atoms. The van der Waals surface area contributed by atoms with E-state index in [4.69, 9.17) is 5.11 Å². The summed E-state index contributed by atoms with van der Waals surface area (Å²) in [5.41, 5.74) is 2.69. The van der Waals surface area contributed by atoms with Crippen LogP contribution in [0.4, 0.5) is 0 Å². The fraction of sp³-hybridized carbons (Fsp3) is 0.429. The Hall–Kier alpha value is -2.36. The van der Waals surface area contributed by atoms with Crippen molar-refractivity contribution in [2.75, 3.05) is 6.54 Å². The number of carbonyl (C=O) groups is 2. The number of nitrogens with zero attached hydrogens (tertiary/aromatic N) is 1. The van der Waals surface area contributed by atoms with Crippen LogP contribution in [-0.2, 0) is 11.2 Å². The van der Waals surface area contributed by atoms with Crippen LogP contribution in [-0.4, -0.2) is 34.5 Å². The van der Waals surface area contributed by atoms with Gasteiger partial charge in [0, 0.05) is 13.0 Å². The Bertz CT molecular complexity index is 658. The molecule has 1 atom stereocenters. The molecule has 0 aliphatic carbocycles. The predicted molar refractivity (Wildman–Crippen MR) is 99.6 cm³/mol. The molecule has 1 aliphatic heterocycles. The fourth-order valence-corrected chi connectivity index (χ4v) is 3.14. The summed E-state index contributed by atoms with van der Waals surface area (Å²) in [7, 11) is 0. The number of hydrogen-bond acceptors (Lipinski definition) is 2. The first-order valence-corrected chi connectivity index (χ1v) is 8.97. The highest BCUT2D eigenvalue weighted by molar-refractivity contribution is 5.87. The molecule has 1 heterocycles. The molecule has 2 rings (SSSR count). The number of rotatable bonds is 8. The Kier molecular flexibility index (Phi) is 6.99. The van der Waals surface area contributed by atoms with Gasteiger partial charge in [0.25, 0.3) is 0 Å². The molecule has 0 aromatic heterocycles. The number of hydrogen-bond donors (Lipinski definition) is 1. The second-order valence-electron chi connectivity index (χ2n) is 6.59. The van der Waals surface area contributed by atoms with Crippen molar-refractivity contribution in [3.63, 3.8) is 0 Å². The zero-order valence-electron chi connectivity index (χ0n) is 15.1. The molecule has 1 aromatic rings. The van der Waals surface area contributed by atoms with E-state index in [0.717, 1.165) is 31.2 Å². The average molecular weight is 341 g/mol. The summed E-state index contributed by atoms with van der Waals surface area (Å²) in [4.78, 5) is 25.0. The van der Waals surface area contributed by atoms with Gasteiger partial charge in [-0.25, -0.2) is 4.79 Å². The van der Waals surface area contributed by atoms with Crippen molar-refractivity contribution in [1.29, 1.82) is 0 Å². The highest BCUT2D eigenvalue weighted by Crippen LogP contribution is 2.21. The summed E-state index contributed by atoms with van der Waals surface area (Å²) in [6.45, 7) is 4.96. The van der Waals surface area contributed by atoms with Gasteiger partial charge in [-0.05, 0) is 43.9 Å². The summed E-state index contributed by atoms with van der Waals surface area (Å²) in [6.07, 6.45) is 10.8. The van der Waals surface area contributed by atoms with Crippen molar-refractivity contribution in [2.24, 2.45) is 0 Å². The SMILES string of the molecule is CCC/C(C)=C/C=C/[C@H]1CCC(=O)N1CCc1ccc(C(=O)O)cc1. The molecule has 0 unspecified atom stereocenters. The quantitative estimate of drug-likeness (QED) is 0.720. The molecule has 1 N–H and O–H groups in total. The van der Waals surface area contributed by atoms with E-state index < -0.39 is 5.97 Å². The van der Waals surface area contributed by atoms with E-state index in [0.29, 0.717) is 13.0 Å². The Morgan fingerprint density at radius 3 is 2.68 bits per heavy atom. The van der Waals surface area contributed by atoms with E-state index >= 15 is 0 Å². The minimum Gasteiger partial charge on any atom is -0.478 e. The molecule has 1 aliphatic rings. The molecule has 4 heteroatoms. The third-order valence-electron chi connectivity index (χ3n) is 4.58. The largest absolute Gasteiger partial charge is 0.478 e. The normalized spacial score (nSPS) is 18.3. The van der Waals surface area contributed by atoms with Gasteiger partial charge in [0.15, 0.2) is 0 Å². The van der Waals surface area contributed by atoms with Crippen LogP contribution in [0.3, 0.4) is 0 Å². The number of allylic oxidation sites excluding steroid dienone is 3. The van der Waals surface area contributed by atoms with Gasteiger partial charge in [0.05, 0.1) is 11.6 Å². The minimum absolute atomic E-state index is 0.163. The van der Waals surface area contributed by atoms with Crippen molar-refractivity contribution >= 4 is 11.9 Å². The molecule has 1 amide bonds. The molecule has 0 saturated carbocycles. The lowest BCUT2D eigenvalue weighted by Crippen LogP contribution is -2.33. The maximum Gasteiger partial charge on any atom is 0.335 e. The number of benzene rings is 1. The maximum atomic E-state index is 12.1. The van der Waals surface area contributed by atoms with Gasteiger partial charge >= 0.3 is 5.97 Å². The molecule has 25 heavy (non-hydrogen) atoms. The molecule has 1 aromatic carbocycles. The van der Waals surface area contributed by atoms with Gasteiger partial charge in [-0.3, -0.25) is 4.79 Å². The summed E-state index contributed by atoms with van der Waals surface area (Å²) in [5.74, 6) is -0.719. The van der Waals surface area contributed by atoms with E-state index in [-0.39, 0.29) is 17.5 Å². The lowest BCUT2D eigenvalue weighted by molar-refractivity contribution is -0.128. The molecule has 0 bridgehead atoms. The first-order valence-electron chi connectivity index (χ1n) is 8.97. The van der Waals surface area contributed by atoms with Crippen LogP contribution in [0.25, 0.3) is 0 Å². The van der Waals surface area contributed by atoms with E-state index in [1.54, 1.807) is 12.1 Å². The molecule has 0 radical (unpaired) electrons. The number of carboxylic acid groups (broad SMARTS) is 1. The van der Waals surface area contributed by atoms with E-state index in [2.05, 4.69) is 32.1 Å². The number of aromatic carboxylic acids is 1. The summed E-state index contributed by atoms with van der Waals surface area (Å²) >= 11 is 0. The second-order valence-corrected chi connectivity index (χ2v) is 6.59. The Labute approximate surface area is 149 Å². The maximum absolute atomic E-state index is 12.1. The summed E-state index contributed by atoms with van der Waals surface area (Å²) in [6, 6.07) is 7.04. The van der Waals surface area contributed by atoms with E-state index in [1.165, 1.54) is 5.57 Å². The predicted octanol–water partition coefficient (Wildman–Crippen LogP) is 4.22. The Balaban J connectivity index is 1.94. The van der Waals surface area contributed by atoms with Gasteiger partial charge in [0.1, 0.15) is 0 Å². The van der Waals surface area contributed by atoms with Gasteiger partial charge in [-0.1, -0.05) is 49.3 Å². The van der Waals surface area contributed by atoms with Crippen molar-refractivity contribution in [2.45, 2.75) is 52.0 Å². The van der Waals surface area contributed by atoms with Crippen molar-refractivity contribution in [3.05, 3.63) is 59.2 Å². The minimum atomic E-state index is -0.919. The zero-order chi connectivity index (χ0) is 18.2. The molecular formula is C21H27NO3. The van der Waals surface area contributed by atoms with Crippen LogP contribution in [0.1, 0.15) is 55.5 Å². The molecule has 1 fully saturated rings. The van der Waals surface area contributed by atoms with Gasteiger partial charge < -0.3 is 10.0 Å². The van der Waals surface area contributed by atoms with Crippen molar-refractivity contribution in [3.8, 4) is 0 Å². The number of carbonyl (C=O) groups excluding carboxylic acids is 1. The van der Waals surface area contributed by atoms with Crippen LogP contribution in [0.5, 0.6) is 0 Å². The summed E-state index contributed by atoms with van der Waals surface area (Å²) in [5, 5.41) is 8.94. The van der Waals surface area contributed by atoms with E-state index in [1.807, 2.05) is 17.0 Å².